The van der Waals surface area contributed by atoms with Gasteiger partial charge in [-0.15, -0.1) is 0 Å². The smallest absolute Gasteiger partial charge is 0.0730 e. The zero-order valence-corrected chi connectivity index (χ0v) is 10.2. The van der Waals surface area contributed by atoms with E-state index < -0.39 is 0 Å². The second-order valence-electron chi connectivity index (χ2n) is 5.53. The molecule has 3 nitrogen and oxygen atoms in total. The Balaban J connectivity index is 1.49. The van der Waals surface area contributed by atoms with E-state index in [0.29, 0.717) is 6.10 Å². The van der Waals surface area contributed by atoms with Gasteiger partial charge in [0.25, 0.3) is 0 Å². The van der Waals surface area contributed by atoms with E-state index in [-0.39, 0.29) is 0 Å². The molecule has 0 aromatic carbocycles. The Morgan fingerprint density at radius 2 is 2.19 bits per heavy atom. The van der Waals surface area contributed by atoms with Crippen LogP contribution in [0.15, 0.2) is 0 Å². The highest BCUT2D eigenvalue weighted by atomic mass is 16.5. The van der Waals surface area contributed by atoms with Gasteiger partial charge in [-0.05, 0) is 45.1 Å². The lowest BCUT2D eigenvalue weighted by Crippen LogP contribution is -2.49. The first-order valence-electron chi connectivity index (χ1n) is 7.02. The molecule has 0 bridgehead atoms. The third-order valence-electron chi connectivity index (χ3n) is 4.52. The molecule has 3 aliphatic rings. The number of ether oxygens (including phenoxy) is 1. The van der Waals surface area contributed by atoms with Gasteiger partial charge in [0, 0.05) is 25.2 Å². The average molecular weight is 224 g/mol. The van der Waals surface area contributed by atoms with Crippen LogP contribution in [-0.2, 0) is 4.74 Å². The summed E-state index contributed by atoms with van der Waals surface area (Å²) >= 11 is 0. The van der Waals surface area contributed by atoms with Gasteiger partial charge in [-0.1, -0.05) is 0 Å². The molecule has 92 valence electrons. The predicted molar refractivity (Wildman–Crippen MR) is 64.6 cm³/mol. The summed E-state index contributed by atoms with van der Waals surface area (Å²) < 4.78 is 5.85. The minimum absolute atomic E-state index is 0.560. The fraction of sp³-hybridized carbons (Fsp3) is 1.00. The van der Waals surface area contributed by atoms with Crippen LogP contribution in [-0.4, -0.2) is 49.3 Å². The number of hydrogen-bond donors (Lipinski definition) is 1. The van der Waals surface area contributed by atoms with E-state index >= 15 is 0 Å². The van der Waals surface area contributed by atoms with Crippen molar-refractivity contribution in [2.75, 3.05) is 26.2 Å². The van der Waals surface area contributed by atoms with Crippen molar-refractivity contribution in [2.45, 2.75) is 56.7 Å². The van der Waals surface area contributed by atoms with Crippen molar-refractivity contribution < 1.29 is 4.74 Å². The van der Waals surface area contributed by atoms with Crippen LogP contribution in [0.2, 0.25) is 0 Å². The predicted octanol–water partition coefficient (Wildman–Crippen LogP) is 1.38. The molecule has 0 aromatic heterocycles. The van der Waals surface area contributed by atoms with Gasteiger partial charge >= 0.3 is 0 Å². The monoisotopic (exact) mass is 224 g/mol. The van der Waals surface area contributed by atoms with Gasteiger partial charge in [0.2, 0.25) is 0 Å². The van der Waals surface area contributed by atoms with Crippen molar-refractivity contribution in [3.8, 4) is 0 Å². The summed E-state index contributed by atoms with van der Waals surface area (Å²) in [5, 5.41) is 3.60. The fourth-order valence-electron chi connectivity index (χ4n) is 3.61. The SMILES string of the molecule is C1CNC(CCN2CCOC3CCCC32)C1. The quantitative estimate of drug-likeness (QED) is 0.784. The summed E-state index contributed by atoms with van der Waals surface area (Å²) in [6.07, 6.45) is 8.69. The summed E-state index contributed by atoms with van der Waals surface area (Å²) in [5.74, 6) is 0. The van der Waals surface area contributed by atoms with Gasteiger partial charge in [0.1, 0.15) is 0 Å². The van der Waals surface area contributed by atoms with Gasteiger partial charge in [0.05, 0.1) is 12.7 Å². The molecule has 3 unspecified atom stereocenters. The Morgan fingerprint density at radius 1 is 1.19 bits per heavy atom. The standard InChI is InChI=1S/C13H24N2O/c1-4-12-13(5-1)16-10-9-15(12)8-6-11-3-2-7-14-11/h11-14H,1-10H2. The van der Waals surface area contributed by atoms with Crippen LogP contribution in [0.25, 0.3) is 0 Å². The highest BCUT2D eigenvalue weighted by Crippen LogP contribution is 2.29. The average Bonchev–Trinajstić information content (AvgIpc) is 2.97. The second kappa shape index (κ2) is 5.03. The molecule has 0 aromatic rings. The van der Waals surface area contributed by atoms with Crippen LogP contribution in [0.5, 0.6) is 0 Å². The van der Waals surface area contributed by atoms with Crippen LogP contribution < -0.4 is 5.32 Å². The van der Waals surface area contributed by atoms with Gasteiger partial charge in [0.15, 0.2) is 0 Å². The van der Waals surface area contributed by atoms with E-state index in [1.165, 1.54) is 51.6 Å². The Bertz CT molecular complexity index is 228. The first kappa shape index (κ1) is 11.0. The van der Waals surface area contributed by atoms with Crippen LogP contribution in [0, 0.1) is 0 Å². The maximum atomic E-state index is 5.85. The van der Waals surface area contributed by atoms with Crippen LogP contribution in [0.3, 0.4) is 0 Å². The molecular weight excluding hydrogens is 200 g/mol. The number of morpholine rings is 1. The highest BCUT2D eigenvalue weighted by molar-refractivity contribution is 4.90. The third kappa shape index (κ3) is 2.27. The zero-order valence-electron chi connectivity index (χ0n) is 10.2. The van der Waals surface area contributed by atoms with Crippen molar-refractivity contribution in [1.29, 1.82) is 0 Å². The van der Waals surface area contributed by atoms with E-state index in [1.54, 1.807) is 0 Å². The molecule has 16 heavy (non-hydrogen) atoms. The van der Waals surface area contributed by atoms with Crippen LogP contribution in [0.4, 0.5) is 0 Å². The lowest BCUT2D eigenvalue weighted by Gasteiger charge is -2.38. The maximum Gasteiger partial charge on any atom is 0.0730 e. The molecule has 2 saturated heterocycles. The van der Waals surface area contributed by atoms with Crippen molar-refractivity contribution >= 4 is 0 Å². The Kier molecular flexibility index (Phi) is 3.46. The zero-order chi connectivity index (χ0) is 10.8. The Labute approximate surface area is 98.5 Å². The summed E-state index contributed by atoms with van der Waals surface area (Å²) in [6, 6.07) is 1.54. The topological polar surface area (TPSA) is 24.5 Å². The number of fused-ring (bicyclic) bond motifs is 1. The maximum absolute atomic E-state index is 5.85. The fourth-order valence-corrected chi connectivity index (χ4v) is 3.61. The van der Waals surface area contributed by atoms with E-state index in [0.717, 1.165) is 25.2 Å². The normalized spacial score (nSPS) is 40.1. The molecule has 3 rings (SSSR count). The van der Waals surface area contributed by atoms with Crippen LogP contribution >= 0.6 is 0 Å². The molecule has 0 amide bonds. The van der Waals surface area contributed by atoms with Gasteiger partial charge in [-0.25, -0.2) is 0 Å². The number of nitrogens with one attached hydrogen (secondary N) is 1. The number of hydrogen-bond acceptors (Lipinski definition) is 3. The molecule has 2 aliphatic heterocycles. The molecule has 0 radical (unpaired) electrons. The van der Waals surface area contributed by atoms with Crippen molar-refractivity contribution in [2.24, 2.45) is 0 Å². The summed E-state index contributed by atoms with van der Waals surface area (Å²) in [7, 11) is 0. The molecule has 3 atom stereocenters. The van der Waals surface area contributed by atoms with Gasteiger partial charge < -0.3 is 10.1 Å². The Morgan fingerprint density at radius 3 is 3.06 bits per heavy atom. The van der Waals surface area contributed by atoms with E-state index in [9.17, 15) is 0 Å². The molecule has 0 spiro atoms. The van der Waals surface area contributed by atoms with Gasteiger partial charge in [-0.3, -0.25) is 4.90 Å². The molecule has 1 aliphatic carbocycles. The van der Waals surface area contributed by atoms with Crippen molar-refractivity contribution in [3.63, 3.8) is 0 Å². The molecule has 2 heterocycles. The molecule has 3 heteroatoms. The summed E-state index contributed by atoms with van der Waals surface area (Å²) in [4.78, 5) is 2.70. The van der Waals surface area contributed by atoms with E-state index in [1.807, 2.05) is 0 Å². The third-order valence-corrected chi connectivity index (χ3v) is 4.52. The number of nitrogens with zero attached hydrogens (tertiary/aromatic N) is 1. The Hall–Kier alpha value is -0.120. The minimum Gasteiger partial charge on any atom is -0.375 e. The minimum atomic E-state index is 0.560. The summed E-state index contributed by atoms with van der Waals surface area (Å²) in [5.41, 5.74) is 0. The lowest BCUT2D eigenvalue weighted by molar-refractivity contribution is -0.0562. The highest BCUT2D eigenvalue weighted by Gasteiger charge is 2.35. The van der Waals surface area contributed by atoms with E-state index in [2.05, 4.69) is 10.2 Å². The van der Waals surface area contributed by atoms with Crippen molar-refractivity contribution in [3.05, 3.63) is 0 Å². The van der Waals surface area contributed by atoms with Crippen LogP contribution in [0.1, 0.15) is 38.5 Å². The number of rotatable bonds is 3. The summed E-state index contributed by atoms with van der Waals surface area (Å²) in [6.45, 7) is 4.63. The van der Waals surface area contributed by atoms with Crippen molar-refractivity contribution in [1.82, 2.24) is 10.2 Å². The molecule has 3 fully saturated rings. The van der Waals surface area contributed by atoms with E-state index in [4.69, 9.17) is 4.74 Å². The molecular formula is C13H24N2O. The lowest BCUT2D eigenvalue weighted by atomic mass is 10.1. The second-order valence-corrected chi connectivity index (χ2v) is 5.53. The largest absolute Gasteiger partial charge is 0.375 e. The first-order valence-corrected chi connectivity index (χ1v) is 7.02. The van der Waals surface area contributed by atoms with Gasteiger partial charge in [-0.2, -0.15) is 0 Å². The molecule has 1 N–H and O–H groups in total. The first-order chi connectivity index (χ1) is 7.93. The molecule has 1 saturated carbocycles.